The quantitative estimate of drug-likeness (QED) is 0.737. The van der Waals surface area contributed by atoms with Crippen molar-refractivity contribution in [1.29, 1.82) is 0 Å². The van der Waals surface area contributed by atoms with Crippen LogP contribution in [0.25, 0.3) is 0 Å². The number of amides is 1. The smallest absolute Gasteiger partial charge is 0.229 e. The van der Waals surface area contributed by atoms with Gasteiger partial charge in [0.05, 0.1) is 6.42 Å². The number of ether oxygens (including phenoxy) is 1. The number of carbonyl (C=O) groups is 1. The van der Waals surface area contributed by atoms with Crippen molar-refractivity contribution in [2.45, 2.75) is 13.3 Å². The van der Waals surface area contributed by atoms with E-state index in [4.69, 9.17) is 16.3 Å². The molecule has 0 atom stereocenters. The van der Waals surface area contributed by atoms with E-state index in [-0.39, 0.29) is 12.3 Å². The normalized spacial score (nSPS) is 10.3. The highest BCUT2D eigenvalue weighted by molar-refractivity contribution is 6.30. The largest absolute Gasteiger partial charge is 0.457 e. The number of nitrogens with one attached hydrogen (secondary N) is 1. The molecule has 0 saturated heterocycles. The molecule has 2 aromatic carbocycles. The summed E-state index contributed by atoms with van der Waals surface area (Å²) in [5.74, 6) is 2.37. The lowest BCUT2D eigenvalue weighted by Crippen LogP contribution is -2.15. The molecular formula is C19H16ClN3O2. The molecule has 6 heteroatoms. The SMILES string of the molecule is Cc1nccc(NC(=O)Cc2ccc(Oc3ccc(Cl)cc3)cc2)n1. The number of halogens is 1. The van der Waals surface area contributed by atoms with Crippen LogP contribution in [0, 0.1) is 6.92 Å². The number of benzene rings is 2. The second kappa shape index (κ2) is 7.77. The van der Waals surface area contributed by atoms with Crippen molar-refractivity contribution in [3.05, 3.63) is 77.2 Å². The van der Waals surface area contributed by atoms with E-state index < -0.39 is 0 Å². The van der Waals surface area contributed by atoms with Crippen LogP contribution in [0.4, 0.5) is 5.82 Å². The predicted molar refractivity (Wildman–Crippen MR) is 97.1 cm³/mol. The monoisotopic (exact) mass is 353 g/mol. The van der Waals surface area contributed by atoms with Crippen molar-refractivity contribution in [1.82, 2.24) is 9.97 Å². The summed E-state index contributed by atoms with van der Waals surface area (Å²) in [6.07, 6.45) is 1.87. The van der Waals surface area contributed by atoms with Gasteiger partial charge >= 0.3 is 0 Å². The third-order valence-electron chi connectivity index (χ3n) is 3.38. The van der Waals surface area contributed by atoms with Gasteiger partial charge in [-0.1, -0.05) is 23.7 Å². The average molecular weight is 354 g/mol. The van der Waals surface area contributed by atoms with E-state index in [9.17, 15) is 4.79 Å². The molecule has 3 aromatic rings. The first-order chi connectivity index (χ1) is 12.1. The molecule has 25 heavy (non-hydrogen) atoms. The van der Waals surface area contributed by atoms with Gasteiger partial charge in [0.25, 0.3) is 0 Å². The van der Waals surface area contributed by atoms with Crippen LogP contribution >= 0.6 is 11.6 Å². The molecule has 0 aliphatic carbocycles. The maximum Gasteiger partial charge on any atom is 0.229 e. The Morgan fingerprint density at radius 3 is 2.32 bits per heavy atom. The molecule has 1 amide bonds. The molecule has 0 bridgehead atoms. The molecule has 0 fully saturated rings. The van der Waals surface area contributed by atoms with Crippen molar-refractivity contribution in [3.63, 3.8) is 0 Å². The Balaban J connectivity index is 1.58. The number of aryl methyl sites for hydroxylation is 1. The summed E-state index contributed by atoms with van der Waals surface area (Å²) < 4.78 is 5.73. The summed E-state index contributed by atoms with van der Waals surface area (Å²) in [6, 6.07) is 16.2. The fourth-order valence-electron chi connectivity index (χ4n) is 2.21. The van der Waals surface area contributed by atoms with E-state index >= 15 is 0 Å². The molecule has 126 valence electrons. The Morgan fingerprint density at radius 1 is 1.04 bits per heavy atom. The standard InChI is InChI=1S/C19H16ClN3O2/c1-13-21-11-10-18(22-13)23-19(24)12-14-2-6-16(7-3-14)25-17-8-4-15(20)5-9-17/h2-11H,12H2,1H3,(H,21,22,23,24). The highest BCUT2D eigenvalue weighted by Gasteiger charge is 2.06. The maximum atomic E-state index is 12.1. The van der Waals surface area contributed by atoms with E-state index in [1.165, 1.54) is 0 Å². The van der Waals surface area contributed by atoms with Crippen LogP contribution in [0.2, 0.25) is 5.02 Å². The van der Waals surface area contributed by atoms with E-state index in [0.717, 1.165) is 5.56 Å². The molecule has 0 saturated carbocycles. The first-order valence-electron chi connectivity index (χ1n) is 7.70. The zero-order chi connectivity index (χ0) is 17.6. The van der Waals surface area contributed by atoms with Gasteiger partial charge in [0.2, 0.25) is 5.91 Å². The summed E-state index contributed by atoms with van der Waals surface area (Å²) in [5.41, 5.74) is 0.881. The summed E-state index contributed by atoms with van der Waals surface area (Å²) in [5, 5.41) is 3.42. The number of anilines is 1. The lowest BCUT2D eigenvalue weighted by atomic mass is 10.1. The maximum absolute atomic E-state index is 12.1. The third kappa shape index (κ3) is 5.02. The van der Waals surface area contributed by atoms with Gasteiger partial charge in [-0.2, -0.15) is 0 Å². The molecule has 3 rings (SSSR count). The summed E-state index contributed by atoms with van der Waals surface area (Å²) in [7, 11) is 0. The molecule has 0 spiro atoms. The van der Waals surface area contributed by atoms with Gasteiger partial charge in [0.1, 0.15) is 23.1 Å². The molecule has 0 radical (unpaired) electrons. The second-order valence-electron chi connectivity index (χ2n) is 5.41. The zero-order valence-electron chi connectivity index (χ0n) is 13.6. The van der Waals surface area contributed by atoms with Crippen molar-refractivity contribution in [2.75, 3.05) is 5.32 Å². The number of aromatic nitrogens is 2. The van der Waals surface area contributed by atoms with Crippen molar-refractivity contribution in [2.24, 2.45) is 0 Å². The van der Waals surface area contributed by atoms with Crippen LogP contribution in [0.15, 0.2) is 60.8 Å². The number of hydrogen-bond acceptors (Lipinski definition) is 4. The van der Waals surface area contributed by atoms with Crippen molar-refractivity contribution in [3.8, 4) is 11.5 Å². The molecule has 1 heterocycles. The number of carbonyl (C=O) groups excluding carboxylic acids is 1. The molecule has 5 nitrogen and oxygen atoms in total. The van der Waals surface area contributed by atoms with Crippen molar-refractivity contribution < 1.29 is 9.53 Å². The number of hydrogen-bond donors (Lipinski definition) is 1. The van der Waals surface area contributed by atoms with E-state index in [1.807, 2.05) is 24.3 Å². The molecule has 0 aliphatic heterocycles. The lowest BCUT2D eigenvalue weighted by Gasteiger charge is -2.08. The Labute approximate surface area is 150 Å². The fraction of sp³-hybridized carbons (Fsp3) is 0.105. The van der Waals surface area contributed by atoms with Gasteiger partial charge in [0, 0.05) is 11.2 Å². The highest BCUT2D eigenvalue weighted by atomic mass is 35.5. The van der Waals surface area contributed by atoms with E-state index in [1.54, 1.807) is 43.5 Å². The van der Waals surface area contributed by atoms with Crippen LogP contribution in [0.1, 0.15) is 11.4 Å². The van der Waals surface area contributed by atoms with Gasteiger partial charge in [-0.15, -0.1) is 0 Å². The van der Waals surface area contributed by atoms with Crippen LogP contribution in [0.3, 0.4) is 0 Å². The van der Waals surface area contributed by atoms with Crippen LogP contribution in [0.5, 0.6) is 11.5 Å². The van der Waals surface area contributed by atoms with Gasteiger partial charge in [0.15, 0.2) is 0 Å². The Morgan fingerprint density at radius 2 is 1.68 bits per heavy atom. The fourth-order valence-corrected chi connectivity index (χ4v) is 2.34. The van der Waals surface area contributed by atoms with E-state index in [2.05, 4.69) is 15.3 Å². The number of rotatable bonds is 5. The van der Waals surface area contributed by atoms with Crippen LogP contribution < -0.4 is 10.1 Å². The van der Waals surface area contributed by atoms with Crippen LogP contribution in [-0.4, -0.2) is 15.9 Å². The Bertz CT molecular complexity index is 865. The third-order valence-corrected chi connectivity index (χ3v) is 3.63. The first-order valence-corrected chi connectivity index (χ1v) is 8.08. The summed E-state index contributed by atoms with van der Waals surface area (Å²) >= 11 is 5.85. The average Bonchev–Trinajstić information content (AvgIpc) is 2.59. The molecular weight excluding hydrogens is 338 g/mol. The predicted octanol–water partition coefficient (Wildman–Crippen LogP) is 4.41. The minimum atomic E-state index is -0.135. The topological polar surface area (TPSA) is 64.1 Å². The highest BCUT2D eigenvalue weighted by Crippen LogP contribution is 2.23. The van der Waals surface area contributed by atoms with Gasteiger partial charge < -0.3 is 10.1 Å². The Hall–Kier alpha value is -2.92. The minimum absolute atomic E-state index is 0.135. The second-order valence-corrected chi connectivity index (χ2v) is 5.85. The van der Waals surface area contributed by atoms with Gasteiger partial charge in [-0.25, -0.2) is 9.97 Å². The summed E-state index contributed by atoms with van der Waals surface area (Å²) in [6.45, 7) is 1.77. The van der Waals surface area contributed by atoms with Gasteiger partial charge in [-0.05, 0) is 55.0 Å². The van der Waals surface area contributed by atoms with Crippen LogP contribution in [-0.2, 0) is 11.2 Å². The van der Waals surface area contributed by atoms with Crippen molar-refractivity contribution >= 4 is 23.3 Å². The zero-order valence-corrected chi connectivity index (χ0v) is 14.3. The molecule has 1 aromatic heterocycles. The molecule has 1 N–H and O–H groups in total. The number of nitrogens with zero attached hydrogens (tertiary/aromatic N) is 2. The van der Waals surface area contributed by atoms with E-state index in [0.29, 0.717) is 28.2 Å². The lowest BCUT2D eigenvalue weighted by molar-refractivity contribution is -0.115. The summed E-state index contributed by atoms with van der Waals surface area (Å²) in [4.78, 5) is 20.2. The molecule has 0 unspecified atom stereocenters. The minimum Gasteiger partial charge on any atom is -0.457 e. The Kier molecular flexibility index (Phi) is 5.26. The first kappa shape index (κ1) is 16.9. The van der Waals surface area contributed by atoms with Gasteiger partial charge in [-0.3, -0.25) is 4.79 Å². The molecule has 0 aliphatic rings.